The molecule has 2 aromatic rings. The Labute approximate surface area is 149 Å². The maximum atomic E-state index is 12.7. The zero-order chi connectivity index (χ0) is 19.5. The normalized spacial score (nSPS) is 11.6. The van der Waals surface area contributed by atoms with Crippen LogP contribution in [-0.2, 0) is 6.18 Å². The maximum absolute atomic E-state index is 12.7. The fourth-order valence-electron chi connectivity index (χ4n) is 1.95. The summed E-state index contributed by atoms with van der Waals surface area (Å²) in [5, 5.41) is 24.3. The van der Waals surface area contributed by atoms with Crippen molar-refractivity contribution in [1.82, 2.24) is 0 Å². The Balaban J connectivity index is 2.28. The highest BCUT2D eigenvalue weighted by molar-refractivity contribution is 6.32. The molecule has 26 heavy (non-hydrogen) atoms. The molecule has 0 atom stereocenters. The maximum Gasteiger partial charge on any atom is 0.416 e. The largest absolute Gasteiger partial charge is 0.503 e. The lowest BCUT2D eigenvalue weighted by molar-refractivity contribution is -0.384. The molecule has 0 saturated carbocycles. The topological polar surface area (TPSA) is 97.0 Å². The molecule has 2 rings (SSSR count). The summed E-state index contributed by atoms with van der Waals surface area (Å²) in [6.07, 6.45) is -3.50. The van der Waals surface area contributed by atoms with Gasteiger partial charge in [0, 0.05) is 6.07 Å². The number of hydrogen-bond donors (Lipinski definition) is 2. The van der Waals surface area contributed by atoms with Crippen molar-refractivity contribution in [1.29, 1.82) is 0 Å². The first-order chi connectivity index (χ1) is 12.1. The minimum Gasteiger partial charge on any atom is -0.503 e. The summed E-state index contributed by atoms with van der Waals surface area (Å²) in [5.41, 5.74) is 0.539. The van der Waals surface area contributed by atoms with Gasteiger partial charge in [0.25, 0.3) is 5.69 Å². The third kappa shape index (κ3) is 4.33. The number of aromatic hydroxyl groups is 1. The van der Waals surface area contributed by atoms with Gasteiger partial charge in [-0.1, -0.05) is 11.6 Å². The minimum absolute atomic E-state index is 0.00805. The van der Waals surface area contributed by atoms with Gasteiger partial charge in [0.2, 0.25) is 0 Å². The van der Waals surface area contributed by atoms with Gasteiger partial charge in [0.15, 0.2) is 11.5 Å². The smallest absolute Gasteiger partial charge is 0.416 e. The first-order valence-corrected chi connectivity index (χ1v) is 7.22. The van der Waals surface area contributed by atoms with Gasteiger partial charge in [0.1, 0.15) is 5.69 Å². The SMILES string of the molecule is COc1cc(/C=N\Nc2ccc(C(F)(F)F)cc2[N+](=O)[O-])cc(Cl)c1O. The van der Waals surface area contributed by atoms with Crippen molar-refractivity contribution in [3.05, 3.63) is 56.6 Å². The second-order valence-corrected chi connectivity index (χ2v) is 5.32. The van der Waals surface area contributed by atoms with E-state index in [1.807, 2.05) is 0 Å². The molecule has 0 unspecified atom stereocenters. The molecule has 2 N–H and O–H groups in total. The number of nitro benzene ring substituents is 1. The number of ether oxygens (including phenoxy) is 1. The number of benzene rings is 2. The summed E-state index contributed by atoms with van der Waals surface area (Å²) in [4.78, 5) is 10.0. The standard InChI is InChI=1S/C15H11ClF3N3O4/c1-26-13-5-8(4-10(16)14(13)23)7-20-21-11-3-2-9(15(17,18)19)6-12(11)22(24)25/h2-7,21,23H,1H3/b20-7-. The fraction of sp³-hybridized carbons (Fsp3) is 0.133. The first kappa shape index (κ1) is 19.3. The summed E-state index contributed by atoms with van der Waals surface area (Å²) < 4.78 is 42.9. The Kier molecular flexibility index (Phi) is 5.56. The van der Waals surface area contributed by atoms with Crippen LogP contribution in [0, 0.1) is 10.1 Å². The Morgan fingerprint density at radius 3 is 2.62 bits per heavy atom. The zero-order valence-corrected chi connectivity index (χ0v) is 13.8. The third-order valence-electron chi connectivity index (χ3n) is 3.19. The van der Waals surface area contributed by atoms with Crippen molar-refractivity contribution >= 4 is 29.2 Å². The van der Waals surface area contributed by atoms with E-state index in [1.165, 1.54) is 25.5 Å². The summed E-state index contributed by atoms with van der Waals surface area (Å²) in [7, 11) is 1.32. The Bertz CT molecular complexity index is 872. The molecular weight excluding hydrogens is 379 g/mol. The van der Waals surface area contributed by atoms with E-state index >= 15 is 0 Å². The van der Waals surface area contributed by atoms with Crippen LogP contribution in [0.5, 0.6) is 11.5 Å². The number of halogens is 4. The van der Waals surface area contributed by atoms with Gasteiger partial charge < -0.3 is 9.84 Å². The van der Waals surface area contributed by atoms with Crippen molar-refractivity contribution in [3.63, 3.8) is 0 Å². The average Bonchev–Trinajstić information content (AvgIpc) is 2.56. The van der Waals surface area contributed by atoms with Gasteiger partial charge in [-0.25, -0.2) is 0 Å². The van der Waals surface area contributed by atoms with Gasteiger partial charge in [-0.3, -0.25) is 15.5 Å². The van der Waals surface area contributed by atoms with E-state index in [0.717, 1.165) is 6.07 Å². The Morgan fingerprint density at radius 1 is 1.35 bits per heavy atom. The van der Waals surface area contributed by atoms with Gasteiger partial charge in [0.05, 0.1) is 28.8 Å². The van der Waals surface area contributed by atoms with Crippen LogP contribution < -0.4 is 10.2 Å². The predicted octanol–water partition coefficient (Wildman–Crippen LogP) is 4.43. The predicted molar refractivity (Wildman–Crippen MR) is 89.0 cm³/mol. The molecule has 0 aromatic heterocycles. The lowest BCUT2D eigenvalue weighted by Gasteiger charge is -2.08. The second-order valence-electron chi connectivity index (χ2n) is 4.91. The van der Waals surface area contributed by atoms with Gasteiger partial charge >= 0.3 is 6.18 Å². The lowest BCUT2D eigenvalue weighted by Crippen LogP contribution is -2.06. The number of phenolic OH excluding ortho intramolecular Hbond substituents is 1. The van der Waals surface area contributed by atoms with Crippen LogP contribution in [0.2, 0.25) is 5.02 Å². The van der Waals surface area contributed by atoms with E-state index in [0.29, 0.717) is 17.7 Å². The Morgan fingerprint density at radius 2 is 2.04 bits per heavy atom. The molecule has 0 fully saturated rings. The molecule has 0 aliphatic heterocycles. The van der Waals surface area contributed by atoms with Crippen molar-refractivity contribution < 1.29 is 27.9 Å². The van der Waals surface area contributed by atoms with Crippen LogP contribution in [0.4, 0.5) is 24.5 Å². The number of hydrazone groups is 1. The van der Waals surface area contributed by atoms with E-state index in [4.69, 9.17) is 16.3 Å². The Hall–Kier alpha value is -3.01. The van der Waals surface area contributed by atoms with Crippen LogP contribution >= 0.6 is 11.6 Å². The summed E-state index contributed by atoms with van der Waals surface area (Å²) in [6, 6.07) is 4.77. The van der Waals surface area contributed by atoms with E-state index in [1.54, 1.807) is 0 Å². The van der Waals surface area contributed by atoms with Crippen molar-refractivity contribution in [2.24, 2.45) is 5.10 Å². The van der Waals surface area contributed by atoms with Crippen LogP contribution in [0.15, 0.2) is 35.4 Å². The number of rotatable bonds is 5. The number of nitrogens with one attached hydrogen (secondary N) is 1. The number of phenols is 1. The van der Waals surface area contributed by atoms with Crippen LogP contribution in [0.25, 0.3) is 0 Å². The highest BCUT2D eigenvalue weighted by Crippen LogP contribution is 2.36. The number of alkyl halides is 3. The van der Waals surface area contributed by atoms with Crippen LogP contribution in [0.1, 0.15) is 11.1 Å². The van der Waals surface area contributed by atoms with Crippen molar-refractivity contribution in [2.75, 3.05) is 12.5 Å². The molecule has 11 heteroatoms. The highest BCUT2D eigenvalue weighted by Gasteiger charge is 2.33. The third-order valence-corrected chi connectivity index (χ3v) is 3.48. The molecule has 0 heterocycles. The lowest BCUT2D eigenvalue weighted by atomic mass is 10.1. The van der Waals surface area contributed by atoms with Crippen molar-refractivity contribution in [3.8, 4) is 11.5 Å². The fourth-order valence-corrected chi connectivity index (χ4v) is 2.17. The van der Waals surface area contributed by atoms with E-state index < -0.39 is 22.4 Å². The zero-order valence-electron chi connectivity index (χ0n) is 13.0. The molecule has 0 spiro atoms. The van der Waals surface area contributed by atoms with E-state index in [2.05, 4.69) is 10.5 Å². The molecule has 7 nitrogen and oxygen atoms in total. The molecule has 0 aliphatic rings. The minimum atomic E-state index is -4.70. The first-order valence-electron chi connectivity index (χ1n) is 6.84. The molecule has 2 aromatic carbocycles. The second kappa shape index (κ2) is 7.48. The summed E-state index contributed by atoms with van der Waals surface area (Å²) in [5.74, 6) is -0.183. The summed E-state index contributed by atoms with van der Waals surface area (Å²) in [6.45, 7) is 0. The molecule has 0 radical (unpaired) electrons. The van der Waals surface area contributed by atoms with Gasteiger partial charge in [-0.15, -0.1) is 0 Å². The van der Waals surface area contributed by atoms with E-state index in [-0.39, 0.29) is 22.2 Å². The number of nitro groups is 1. The molecule has 0 saturated heterocycles. The van der Waals surface area contributed by atoms with Crippen molar-refractivity contribution in [2.45, 2.75) is 6.18 Å². The van der Waals surface area contributed by atoms with E-state index in [9.17, 15) is 28.4 Å². The van der Waals surface area contributed by atoms with Crippen LogP contribution in [0.3, 0.4) is 0 Å². The molecular formula is C15H11ClF3N3O4. The van der Waals surface area contributed by atoms with Gasteiger partial charge in [-0.05, 0) is 29.8 Å². The monoisotopic (exact) mass is 389 g/mol. The van der Waals surface area contributed by atoms with Crippen LogP contribution in [-0.4, -0.2) is 23.4 Å². The number of nitrogens with zero attached hydrogens (tertiary/aromatic N) is 2. The number of anilines is 1. The highest BCUT2D eigenvalue weighted by atomic mass is 35.5. The molecule has 0 aliphatic carbocycles. The molecule has 0 bridgehead atoms. The number of methoxy groups -OCH3 is 1. The quantitative estimate of drug-likeness (QED) is 0.448. The molecule has 138 valence electrons. The average molecular weight is 390 g/mol. The number of hydrogen-bond acceptors (Lipinski definition) is 6. The molecule has 0 amide bonds. The van der Waals surface area contributed by atoms with Gasteiger partial charge in [-0.2, -0.15) is 18.3 Å². The summed E-state index contributed by atoms with van der Waals surface area (Å²) >= 11 is 5.81.